The molecule has 15 heavy (non-hydrogen) atoms. The van der Waals surface area contributed by atoms with E-state index in [1.54, 1.807) is 0 Å². The molecule has 2 heteroatoms. The van der Waals surface area contributed by atoms with Crippen molar-refractivity contribution in [1.82, 2.24) is 4.90 Å². The van der Waals surface area contributed by atoms with Gasteiger partial charge in [0.05, 0.1) is 0 Å². The topological polar surface area (TPSA) is 3.24 Å². The molecule has 1 nitrogen and oxygen atoms in total. The molecule has 1 aliphatic rings. The van der Waals surface area contributed by atoms with Crippen LogP contribution in [-0.4, -0.2) is 24.5 Å². The van der Waals surface area contributed by atoms with Gasteiger partial charge in [0.1, 0.15) is 0 Å². The third kappa shape index (κ3) is 2.83. The quantitative estimate of drug-likeness (QED) is 0.758. The van der Waals surface area contributed by atoms with E-state index in [2.05, 4.69) is 41.8 Å². The largest absolute Gasteiger partial charge is 0.298 e. The van der Waals surface area contributed by atoms with E-state index in [-0.39, 0.29) is 0 Å². The van der Waals surface area contributed by atoms with Crippen LogP contribution in [0.1, 0.15) is 17.9 Å². The minimum atomic E-state index is 0.669. The van der Waals surface area contributed by atoms with Gasteiger partial charge in [-0.1, -0.05) is 48.5 Å². The van der Waals surface area contributed by atoms with Gasteiger partial charge < -0.3 is 0 Å². The summed E-state index contributed by atoms with van der Waals surface area (Å²) in [6, 6.07) is 10.7. The molecule has 80 valence electrons. The molecule has 0 spiro atoms. The smallest absolute Gasteiger partial charge is 0.0335 e. The summed E-state index contributed by atoms with van der Waals surface area (Å²) in [6.45, 7) is 6.80. The Labute approximate surface area is 96.4 Å². The van der Waals surface area contributed by atoms with Crippen molar-refractivity contribution in [2.45, 2.75) is 12.3 Å². The highest BCUT2D eigenvalue weighted by molar-refractivity contribution is 6.29. The molecule has 1 atom stereocenters. The van der Waals surface area contributed by atoms with Gasteiger partial charge in [-0.15, -0.1) is 0 Å². The van der Waals surface area contributed by atoms with Gasteiger partial charge in [-0.05, 0) is 24.4 Å². The fourth-order valence-corrected chi connectivity index (χ4v) is 2.39. The maximum Gasteiger partial charge on any atom is 0.0335 e. The van der Waals surface area contributed by atoms with Crippen molar-refractivity contribution >= 4 is 11.6 Å². The highest BCUT2D eigenvalue weighted by atomic mass is 35.5. The summed E-state index contributed by atoms with van der Waals surface area (Å²) in [5, 5.41) is 0.740. The zero-order chi connectivity index (χ0) is 10.7. The van der Waals surface area contributed by atoms with Crippen LogP contribution in [0.2, 0.25) is 0 Å². The number of hydrogen-bond donors (Lipinski definition) is 0. The highest BCUT2D eigenvalue weighted by Gasteiger charge is 2.23. The van der Waals surface area contributed by atoms with Crippen LogP contribution in [0.15, 0.2) is 41.9 Å². The van der Waals surface area contributed by atoms with E-state index in [1.165, 1.54) is 12.0 Å². The second kappa shape index (κ2) is 4.82. The Hall–Kier alpha value is -0.790. The van der Waals surface area contributed by atoms with Gasteiger partial charge in [0, 0.05) is 18.1 Å². The van der Waals surface area contributed by atoms with Crippen molar-refractivity contribution in [1.29, 1.82) is 0 Å². The highest BCUT2D eigenvalue weighted by Crippen LogP contribution is 2.27. The van der Waals surface area contributed by atoms with Crippen LogP contribution in [-0.2, 0) is 0 Å². The maximum atomic E-state index is 5.82. The van der Waals surface area contributed by atoms with Crippen molar-refractivity contribution < 1.29 is 0 Å². The molecule has 0 unspecified atom stereocenters. The summed E-state index contributed by atoms with van der Waals surface area (Å²) >= 11 is 5.82. The fraction of sp³-hybridized carbons (Fsp3) is 0.385. The summed E-state index contributed by atoms with van der Waals surface area (Å²) in [4.78, 5) is 2.37. The number of halogens is 1. The van der Waals surface area contributed by atoms with Crippen LogP contribution in [0.3, 0.4) is 0 Å². The van der Waals surface area contributed by atoms with Crippen LogP contribution in [0.5, 0.6) is 0 Å². The lowest BCUT2D eigenvalue weighted by molar-refractivity contribution is 0.369. The lowest BCUT2D eigenvalue weighted by Crippen LogP contribution is -2.21. The molecule has 0 N–H and O–H groups in total. The van der Waals surface area contributed by atoms with Gasteiger partial charge >= 0.3 is 0 Å². The molecule has 1 aliphatic heterocycles. The first-order valence-electron chi connectivity index (χ1n) is 5.36. The minimum Gasteiger partial charge on any atom is -0.298 e. The molecular formula is C13H16ClN. The van der Waals surface area contributed by atoms with Gasteiger partial charge in [0.2, 0.25) is 0 Å². The Kier molecular flexibility index (Phi) is 3.45. The number of nitrogens with zero attached hydrogens (tertiary/aromatic N) is 1. The summed E-state index contributed by atoms with van der Waals surface area (Å²) < 4.78 is 0. The maximum absolute atomic E-state index is 5.82. The molecular weight excluding hydrogens is 206 g/mol. The predicted octanol–water partition coefficient (Wildman–Crippen LogP) is 3.23. The molecule has 1 heterocycles. The molecule has 0 aromatic heterocycles. The summed E-state index contributed by atoms with van der Waals surface area (Å²) in [7, 11) is 0. The first kappa shape index (κ1) is 10.7. The average molecular weight is 222 g/mol. The van der Waals surface area contributed by atoms with Crippen molar-refractivity contribution in [3.63, 3.8) is 0 Å². The van der Waals surface area contributed by atoms with Crippen LogP contribution < -0.4 is 0 Å². The summed E-state index contributed by atoms with van der Waals surface area (Å²) in [5.41, 5.74) is 1.44. The van der Waals surface area contributed by atoms with Gasteiger partial charge in [-0.25, -0.2) is 0 Å². The van der Waals surface area contributed by atoms with Crippen LogP contribution in [0, 0.1) is 0 Å². The third-order valence-electron chi connectivity index (χ3n) is 2.94. The zero-order valence-electron chi connectivity index (χ0n) is 8.82. The van der Waals surface area contributed by atoms with Crippen molar-refractivity contribution in [3.05, 3.63) is 47.5 Å². The fourth-order valence-electron chi connectivity index (χ4n) is 2.22. The Morgan fingerprint density at radius 1 is 1.40 bits per heavy atom. The van der Waals surface area contributed by atoms with E-state index in [1.807, 2.05) is 0 Å². The molecule has 1 aromatic carbocycles. The molecule has 1 saturated heterocycles. The molecule has 1 fully saturated rings. The molecule has 0 radical (unpaired) electrons. The SMILES string of the molecule is C=C(Cl)CN1CC[C@H](c2ccccc2)C1. The van der Waals surface area contributed by atoms with Crippen molar-refractivity contribution in [2.75, 3.05) is 19.6 Å². The molecule has 1 aromatic rings. The van der Waals surface area contributed by atoms with Gasteiger partial charge in [-0.2, -0.15) is 0 Å². The van der Waals surface area contributed by atoms with E-state index >= 15 is 0 Å². The molecule has 0 saturated carbocycles. The third-order valence-corrected chi connectivity index (χ3v) is 3.06. The summed E-state index contributed by atoms with van der Waals surface area (Å²) in [6.07, 6.45) is 1.23. The second-order valence-corrected chi connectivity index (χ2v) is 4.68. The predicted molar refractivity (Wildman–Crippen MR) is 65.2 cm³/mol. The number of rotatable bonds is 3. The number of likely N-dealkylation sites (tertiary alicyclic amines) is 1. The van der Waals surface area contributed by atoms with Crippen molar-refractivity contribution in [3.8, 4) is 0 Å². The Bertz CT molecular complexity index is 334. The molecule has 0 aliphatic carbocycles. The monoisotopic (exact) mass is 221 g/mol. The van der Waals surface area contributed by atoms with Gasteiger partial charge in [0.25, 0.3) is 0 Å². The first-order chi connectivity index (χ1) is 7.25. The average Bonchev–Trinajstić information content (AvgIpc) is 2.67. The lowest BCUT2D eigenvalue weighted by Gasteiger charge is -2.14. The Morgan fingerprint density at radius 3 is 2.80 bits per heavy atom. The number of hydrogen-bond acceptors (Lipinski definition) is 1. The van der Waals surface area contributed by atoms with Gasteiger partial charge in [-0.3, -0.25) is 4.90 Å². The Balaban J connectivity index is 1.96. The molecule has 0 amide bonds. The van der Waals surface area contributed by atoms with E-state index in [0.29, 0.717) is 5.92 Å². The van der Waals surface area contributed by atoms with Crippen LogP contribution in [0.4, 0.5) is 0 Å². The minimum absolute atomic E-state index is 0.669. The molecule has 2 rings (SSSR count). The first-order valence-corrected chi connectivity index (χ1v) is 5.74. The van der Waals surface area contributed by atoms with E-state index in [4.69, 9.17) is 11.6 Å². The molecule has 0 bridgehead atoms. The lowest BCUT2D eigenvalue weighted by atomic mass is 9.99. The van der Waals surface area contributed by atoms with E-state index in [0.717, 1.165) is 24.7 Å². The zero-order valence-corrected chi connectivity index (χ0v) is 9.58. The standard InChI is InChI=1S/C13H16ClN/c1-11(14)9-15-8-7-13(10-15)12-5-3-2-4-6-12/h2-6,13H,1,7-10H2/t13-/m0/s1. The van der Waals surface area contributed by atoms with Crippen LogP contribution in [0.25, 0.3) is 0 Å². The number of benzene rings is 1. The normalized spacial score (nSPS) is 21.8. The van der Waals surface area contributed by atoms with E-state index < -0.39 is 0 Å². The van der Waals surface area contributed by atoms with Gasteiger partial charge in [0.15, 0.2) is 0 Å². The Morgan fingerprint density at radius 2 is 2.13 bits per heavy atom. The van der Waals surface area contributed by atoms with Crippen LogP contribution >= 0.6 is 11.6 Å². The van der Waals surface area contributed by atoms with Crippen molar-refractivity contribution in [2.24, 2.45) is 0 Å². The second-order valence-electron chi connectivity index (χ2n) is 4.15. The van der Waals surface area contributed by atoms with E-state index in [9.17, 15) is 0 Å². The summed E-state index contributed by atoms with van der Waals surface area (Å²) in [5.74, 6) is 0.669.